The van der Waals surface area contributed by atoms with Crippen LogP contribution in [0.15, 0.2) is 0 Å². The number of amides is 1. The lowest BCUT2D eigenvalue weighted by molar-refractivity contribution is -0.131. The number of β-amino-alcohol motifs (C(OH)–C–C–N with tert-alkyl or cyclic N) is 2. The largest absolute Gasteiger partial charge is 0.389 e. The van der Waals surface area contributed by atoms with Crippen molar-refractivity contribution in [3.05, 3.63) is 0 Å². The molecule has 5 heteroatoms. The fourth-order valence-corrected chi connectivity index (χ4v) is 2.23. The summed E-state index contributed by atoms with van der Waals surface area (Å²) in [4.78, 5) is 15.4. The minimum absolute atomic E-state index is 0.119. The summed E-state index contributed by atoms with van der Waals surface area (Å²) in [6.07, 6.45) is 0.793. The minimum atomic E-state index is -0.698. The van der Waals surface area contributed by atoms with Crippen LogP contribution < -0.4 is 0 Å². The van der Waals surface area contributed by atoms with Crippen molar-refractivity contribution < 1.29 is 15.0 Å². The zero-order chi connectivity index (χ0) is 10.8. The fourth-order valence-electron chi connectivity index (χ4n) is 2.23. The van der Waals surface area contributed by atoms with E-state index in [0.717, 1.165) is 25.9 Å². The number of aliphatic hydroxyl groups excluding tert-OH is 2. The summed E-state index contributed by atoms with van der Waals surface area (Å²) < 4.78 is 0. The van der Waals surface area contributed by atoms with Crippen molar-refractivity contribution in [1.29, 1.82) is 0 Å². The van der Waals surface area contributed by atoms with Crippen LogP contribution >= 0.6 is 0 Å². The van der Waals surface area contributed by atoms with E-state index in [0.29, 0.717) is 19.6 Å². The van der Waals surface area contributed by atoms with Gasteiger partial charge in [0.05, 0.1) is 18.8 Å². The first kappa shape index (κ1) is 10.9. The number of aliphatic hydroxyl groups is 2. The summed E-state index contributed by atoms with van der Waals surface area (Å²) in [5, 5.41) is 18.7. The second kappa shape index (κ2) is 4.47. The van der Waals surface area contributed by atoms with Gasteiger partial charge in [-0.15, -0.1) is 0 Å². The molecule has 0 aromatic carbocycles. The Morgan fingerprint density at radius 2 is 1.67 bits per heavy atom. The molecule has 0 spiro atoms. The molecular formula is C10H18N2O3. The van der Waals surface area contributed by atoms with Gasteiger partial charge in [0.1, 0.15) is 0 Å². The van der Waals surface area contributed by atoms with Crippen molar-refractivity contribution in [2.75, 3.05) is 32.7 Å². The van der Waals surface area contributed by atoms with Gasteiger partial charge in [-0.3, -0.25) is 9.69 Å². The lowest BCUT2D eigenvalue weighted by atomic mass is 10.3. The zero-order valence-electron chi connectivity index (χ0n) is 8.80. The lowest BCUT2D eigenvalue weighted by Crippen LogP contribution is -2.38. The number of carbonyl (C=O) groups is 1. The van der Waals surface area contributed by atoms with E-state index in [-0.39, 0.29) is 5.91 Å². The van der Waals surface area contributed by atoms with Crippen molar-refractivity contribution in [1.82, 2.24) is 9.80 Å². The van der Waals surface area contributed by atoms with Gasteiger partial charge in [-0.05, 0) is 12.8 Å². The summed E-state index contributed by atoms with van der Waals surface area (Å²) in [5.74, 6) is 0.119. The van der Waals surface area contributed by atoms with Crippen molar-refractivity contribution in [3.8, 4) is 0 Å². The fraction of sp³-hybridized carbons (Fsp3) is 0.900. The van der Waals surface area contributed by atoms with E-state index in [9.17, 15) is 15.0 Å². The standard InChI is InChI=1S/C10H18N2O3/c13-8-5-11(6-9(8)14)7-10(15)12-3-1-2-4-12/h8-9,13-14H,1-7H2. The predicted octanol–water partition coefficient (Wildman–Crippen LogP) is -1.35. The van der Waals surface area contributed by atoms with E-state index in [1.807, 2.05) is 9.80 Å². The van der Waals surface area contributed by atoms with Crippen LogP contribution in [0.2, 0.25) is 0 Å². The minimum Gasteiger partial charge on any atom is -0.389 e. The molecule has 0 radical (unpaired) electrons. The summed E-state index contributed by atoms with van der Waals surface area (Å²) in [6.45, 7) is 2.85. The van der Waals surface area contributed by atoms with E-state index >= 15 is 0 Å². The first-order valence-electron chi connectivity index (χ1n) is 5.53. The van der Waals surface area contributed by atoms with Crippen molar-refractivity contribution in [2.45, 2.75) is 25.0 Å². The molecule has 5 nitrogen and oxygen atoms in total. The van der Waals surface area contributed by atoms with Gasteiger partial charge in [-0.25, -0.2) is 0 Å². The van der Waals surface area contributed by atoms with Crippen molar-refractivity contribution >= 4 is 5.91 Å². The Labute approximate surface area is 89.3 Å². The molecule has 2 heterocycles. The first-order valence-corrected chi connectivity index (χ1v) is 5.53. The summed E-state index contributed by atoms with van der Waals surface area (Å²) in [7, 11) is 0. The van der Waals surface area contributed by atoms with Crippen molar-refractivity contribution in [2.24, 2.45) is 0 Å². The van der Waals surface area contributed by atoms with Crippen LogP contribution in [0.25, 0.3) is 0 Å². The first-order chi connectivity index (χ1) is 7.16. The molecule has 2 N–H and O–H groups in total. The SMILES string of the molecule is O=C(CN1CC(O)C(O)C1)N1CCCC1. The topological polar surface area (TPSA) is 64.0 Å². The molecule has 1 amide bonds. The molecule has 0 saturated carbocycles. The maximum Gasteiger partial charge on any atom is 0.236 e. The highest BCUT2D eigenvalue weighted by Crippen LogP contribution is 2.12. The van der Waals surface area contributed by atoms with Crippen molar-refractivity contribution in [3.63, 3.8) is 0 Å². The third-order valence-electron chi connectivity index (χ3n) is 3.15. The van der Waals surface area contributed by atoms with E-state index in [4.69, 9.17) is 0 Å². The van der Waals surface area contributed by atoms with E-state index in [1.165, 1.54) is 0 Å². The predicted molar refractivity (Wildman–Crippen MR) is 54.3 cm³/mol. The zero-order valence-corrected chi connectivity index (χ0v) is 8.80. The summed E-state index contributed by atoms with van der Waals surface area (Å²) >= 11 is 0. The highest BCUT2D eigenvalue weighted by atomic mass is 16.3. The molecule has 2 saturated heterocycles. The molecule has 0 aromatic heterocycles. The van der Waals surface area contributed by atoms with Gasteiger partial charge in [-0.1, -0.05) is 0 Å². The number of carbonyl (C=O) groups excluding carboxylic acids is 1. The van der Waals surface area contributed by atoms with Gasteiger partial charge in [0.15, 0.2) is 0 Å². The Hall–Kier alpha value is -0.650. The Morgan fingerprint density at radius 3 is 2.20 bits per heavy atom. The molecule has 2 fully saturated rings. The van der Waals surface area contributed by atoms with Gasteiger partial charge in [0.2, 0.25) is 5.91 Å². The quantitative estimate of drug-likeness (QED) is 0.596. The number of hydrogen-bond acceptors (Lipinski definition) is 4. The Kier molecular flexibility index (Phi) is 3.23. The molecule has 2 aliphatic heterocycles. The van der Waals surface area contributed by atoms with Gasteiger partial charge in [0, 0.05) is 26.2 Å². The maximum absolute atomic E-state index is 11.7. The summed E-state index contributed by atoms with van der Waals surface area (Å²) in [5.41, 5.74) is 0. The molecule has 86 valence electrons. The molecule has 15 heavy (non-hydrogen) atoms. The van der Waals surface area contributed by atoms with Crippen LogP contribution in [0.1, 0.15) is 12.8 Å². The van der Waals surface area contributed by atoms with Gasteiger partial charge in [-0.2, -0.15) is 0 Å². The Morgan fingerprint density at radius 1 is 1.13 bits per heavy atom. The Balaban J connectivity index is 1.79. The Bertz CT molecular complexity index is 231. The third kappa shape index (κ3) is 2.48. The van der Waals surface area contributed by atoms with E-state index in [2.05, 4.69) is 0 Å². The highest BCUT2D eigenvalue weighted by molar-refractivity contribution is 5.78. The van der Waals surface area contributed by atoms with Crippen LogP contribution in [0.5, 0.6) is 0 Å². The molecule has 2 unspecified atom stereocenters. The molecule has 2 rings (SSSR count). The van der Waals surface area contributed by atoms with Gasteiger partial charge >= 0.3 is 0 Å². The number of likely N-dealkylation sites (tertiary alicyclic amines) is 2. The molecule has 0 bridgehead atoms. The molecule has 0 aromatic rings. The molecule has 2 aliphatic rings. The average molecular weight is 214 g/mol. The van der Waals surface area contributed by atoms with Crippen LogP contribution in [-0.4, -0.2) is 70.9 Å². The third-order valence-corrected chi connectivity index (χ3v) is 3.15. The molecule has 2 atom stereocenters. The second-order valence-corrected chi connectivity index (χ2v) is 4.42. The van der Waals surface area contributed by atoms with Gasteiger partial charge < -0.3 is 15.1 Å². The van der Waals surface area contributed by atoms with E-state index in [1.54, 1.807) is 0 Å². The lowest BCUT2D eigenvalue weighted by Gasteiger charge is -2.20. The second-order valence-electron chi connectivity index (χ2n) is 4.42. The molecular weight excluding hydrogens is 196 g/mol. The summed E-state index contributed by atoms with van der Waals surface area (Å²) in [6, 6.07) is 0. The number of rotatable bonds is 2. The van der Waals surface area contributed by atoms with Crippen LogP contribution in [0, 0.1) is 0 Å². The average Bonchev–Trinajstić information content (AvgIpc) is 2.77. The monoisotopic (exact) mass is 214 g/mol. The molecule has 0 aliphatic carbocycles. The van der Waals surface area contributed by atoms with Crippen LogP contribution in [0.4, 0.5) is 0 Å². The highest BCUT2D eigenvalue weighted by Gasteiger charge is 2.31. The normalized spacial score (nSPS) is 32.5. The van der Waals surface area contributed by atoms with Crippen LogP contribution in [-0.2, 0) is 4.79 Å². The number of nitrogens with zero attached hydrogens (tertiary/aromatic N) is 2. The van der Waals surface area contributed by atoms with Crippen LogP contribution in [0.3, 0.4) is 0 Å². The number of hydrogen-bond donors (Lipinski definition) is 2. The maximum atomic E-state index is 11.7. The smallest absolute Gasteiger partial charge is 0.236 e. The van der Waals surface area contributed by atoms with E-state index < -0.39 is 12.2 Å². The van der Waals surface area contributed by atoms with Gasteiger partial charge in [0.25, 0.3) is 0 Å².